The van der Waals surface area contributed by atoms with E-state index < -0.39 is 21.3 Å². The third kappa shape index (κ3) is 3.95. The molecule has 144 valence electrons. The summed E-state index contributed by atoms with van der Waals surface area (Å²) in [4.78, 5) is 11.1. The van der Waals surface area contributed by atoms with Crippen LogP contribution in [0.5, 0.6) is 0 Å². The van der Waals surface area contributed by atoms with Crippen molar-refractivity contribution in [1.29, 1.82) is 0 Å². The molecule has 0 radical (unpaired) electrons. The first-order valence-electron chi connectivity index (χ1n) is 8.63. The van der Waals surface area contributed by atoms with E-state index in [2.05, 4.69) is 0 Å². The van der Waals surface area contributed by atoms with Gasteiger partial charge in [0.1, 0.15) is 5.82 Å². The quantitative estimate of drug-likeness (QED) is 0.808. The number of benzene rings is 2. The van der Waals surface area contributed by atoms with Gasteiger partial charge in [0.2, 0.25) is 9.84 Å². The summed E-state index contributed by atoms with van der Waals surface area (Å²) in [5.41, 5.74) is -0.737. The highest BCUT2D eigenvalue weighted by Crippen LogP contribution is 2.36. The molecule has 0 bridgehead atoms. The minimum absolute atomic E-state index is 0.0450. The van der Waals surface area contributed by atoms with Crippen LogP contribution < -0.4 is 0 Å². The van der Waals surface area contributed by atoms with Crippen LogP contribution >= 0.6 is 0 Å². The van der Waals surface area contributed by atoms with Crippen LogP contribution in [-0.2, 0) is 20.2 Å². The van der Waals surface area contributed by atoms with Gasteiger partial charge in [0.15, 0.2) is 5.78 Å². The van der Waals surface area contributed by atoms with E-state index in [0.717, 1.165) is 12.1 Å². The fourth-order valence-corrected chi connectivity index (χ4v) is 4.64. The molecule has 1 N–H and O–H groups in total. The Morgan fingerprint density at radius 1 is 1.19 bits per heavy atom. The van der Waals surface area contributed by atoms with Gasteiger partial charge in [-0.05, 0) is 49.7 Å². The number of hydrogen-bond donors (Lipinski definition) is 1. The van der Waals surface area contributed by atoms with Gasteiger partial charge in [-0.3, -0.25) is 4.79 Å². The van der Waals surface area contributed by atoms with Crippen LogP contribution in [0.15, 0.2) is 52.3 Å². The summed E-state index contributed by atoms with van der Waals surface area (Å²) >= 11 is 0. The summed E-state index contributed by atoms with van der Waals surface area (Å²) in [6.07, 6.45) is 0.294. The molecule has 0 aromatic heterocycles. The number of ether oxygens (including phenoxy) is 1. The number of hydrogen-bond acceptors (Lipinski definition) is 5. The van der Waals surface area contributed by atoms with Crippen molar-refractivity contribution < 1.29 is 27.4 Å². The maximum atomic E-state index is 14.2. The molecule has 2 aromatic rings. The molecule has 27 heavy (non-hydrogen) atoms. The van der Waals surface area contributed by atoms with Crippen LogP contribution in [0.25, 0.3) is 0 Å². The first-order chi connectivity index (χ1) is 12.6. The predicted molar refractivity (Wildman–Crippen MR) is 96.8 cm³/mol. The van der Waals surface area contributed by atoms with E-state index in [9.17, 15) is 22.7 Å². The third-order valence-electron chi connectivity index (χ3n) is 4.83. The number of ketones is 1. The summed E-state index contributed by atoms with van der Waals surface area (Å²) in [6, 6.07) is 8.89. The Labute approximate surface area is 157 Å². The van der Waals surface area contributed by atoms with Crippen LogP contribution in [0.4, 0.5) is 4.39 Å². The summed E-state index contributed by atoms with van der Waals surface area (Å²) in [5.74, 6) is -0.915. The minimum atomic E-state index is -4.00. The number of Topliss-reactive ketones (excluding diaryl/α,β-unsaturated/α-hetero) is 1. The molecule has 1 saturated heterocycles. The van der Waals surface area contributed by atoms with Gasteiger partial charge in [0, 0.05) is 18.4 Å². The van der Waals surface area contributed by atoms with E-state index in [1.165, 1.54) is 37.3 Å². The lowest BCUT2D eigenvalue weighted by Gasteiger charge is -2.36. The smallest absolute Gasteiger partial charge is 0.206 e. The third-order valence-corrected chi connectivity index (χ3v) is 6.58. The van der Waals surface area contributed by atoms with Crippen molar-refractivity contribution in [3.8, 4) is 0 Å². The van der Waals surface area contributed by atoms with Crippen molar-refractivity contribution in [2.45, 2.75) is 48.2 Å². The SMILES string of the molecule is CC(=O)c1ccc(S(=O)(=O)c2cc(F)cc([C@@]3(O)CCO[C@@H](C)C3)c2)cc1. The molecule has 0 unspecified atom stereocenters. The molecule has 0 spiro atoms. The topological polar surface area (TPSA) is 80.7 Å². The van der Waals surface area contributed by atoms with Crippen molar-refractivity contribution >= 4 is 15.6 Å². The molecule has 7 heteroatoms. The highest BCUT2D eigenvalue weighted by Gasteiger charge is 2.36. The van der Waals surface area contributed by atoms with E-state index in [-0.39, 0.29) is 40.1 Å². The average molecular weight is 392 g/mol. The van der Waals surface area contributed by atoms with Crippen molar-refractivity contribution in [3.05, 3.63) is 59.4 Å². The molecule has 1 heterocycles. The molecule has 0 saturated carbocycles. The Hall–Kier alpha value is -2.09. The van der Waals surface area contributed by atoms with Gasteiger partial charge in [-0.15, -0.1) is 0 Å². The van der Waals surface area contributed by atoms with E-state index in [1.54, 1.807) is 6.92 Å². The second-order valence-electron chi connectivity index (χ2n) is 6.93. The van der Waals surface area contributed by atoms with Crippen molar-refractivity contribution in [1.82, 2.24) is 0 Å². The standard InChI is InChI=1S/C20H21FO5S/c1-13-12-20(23,7-8-26-13)16-9-17(21)11-19(10-16)27(24,25)18-5-3-15(4-6-18)14(2)22/h3-6,9-11,13,23H,7-8,12H2,1-2H3/t13-,20+/m0/s1. The zero-order valence-electron chi connectivity index (χ0n) is 15.1. The molecule has 2 atom stereocenters. The highest BCUT2D eigenvalue weighted by atomic mass is 32.2. The van der Waals surface area contributed by atoms with Crippen molar-refractivity contribution in [3.63, 3.8) is 0 Å². The molecule has 5 nitrogen and oxygen atoms in total. The number of aliphatic hydroxyl groups is 1. The zero-order chi connectivity index (χ0) is 19.8. The molecule has 1 aliphatic heterocycles. The maximum Gasteiger partial charge on any atom is 0.206 e. The molecular weight excluding hydrogens is 371 g/mol. The molecule has 1 aliphatic rings. The molecular formula is C20H21FO5S. The minimum Gasteiger partial charge on any atom is -0.385 e. The van der Waals surface area contributed by atoms with Crippen molar-refractivity contribution in [2.75, 3.05) is 6.61 Å². The Morgan fingerprint density at radius 2 is 1.85 bits per heavy atom. The first-order valence-corrected chi connectivity index (χ1v) is 10.1. The molecule has 1 fully saturated rings. The number of sulfone groups is 1. The summed E-state index contributed by atoms with van der Waals surface area (Å²) in [7, 11) is -4.00. The molecule has 2 aromatic carbocycles. The Morgan fingerprint density at radius 3 is 2.44 bits per heavy atom. The number of halogens is 1. The van der Waals surface area contributed by atoms with Gasteiger partial charge in [-0.2, -0.15) is 0 Å². The van der Waals surface area contributed by atoms with Crippen LogP contribution in [0.2, 0.25) is 0 Å². The van der Waals surface area contributed by atoms with E-state index >= 15 is 0 Å². The van der Waals surface area contributed by atoms with Crippen LogP contribution in [-0.4, -0.2) is 32.0 Å². The summed E-state index contributed by atoms with van der Waals surface area (Å²) in [5, 5.41) is 10.9. The highest BCUT2D eigenvalue weighted by molar-refractivity contribution is 7.91. The van der Waals surface area contributed by atoms with Gasteiger partial charge in [0.05, 0.1) is 28.1 Å². The van der Waals surface area contributed by atoms with Gasteiger partial charge < -0.3 is 9.84 Å². The Balaban J connectivity index is 2.03. The number of carbonyl (C=O) groups is 1. The lowest BCUT2D eigenvalue weighted by atomic mass is 9.84. The lowest BCUT2D eigenvalue weighted by molar-refractivity contribution is -0.102. The van der Waals surface area contributed by atoms with Crippen LogP contribution in [0, 0.1) is 5.82 Å². The van der Waals surface area contributed by atoms with E-state index in [1.807, 2.05) is 0 Å². The second-order valence-corrected chi connectivity index (χ2v) is 8.88. The van der Waals surface area contributed by atoms with E-state index in [4.69, 9.17) is 4.74 Å². The fraction of sp³-hybridized carbons (Fsp3) is 0.350. The monoisotopic (exact) mass is 392 g/mol. The molecule has 0 amide bonds. The van der Waals surface area contributed by atoms with Crippen LogP contribution in [0.1, 0.15) is 42.6 Å². The average Bonchev–Trinajstić information content (AvgIpc) is 2.61. The summed E-state index contributed by atoms with van der Waals surface area (Å²) in [6.45, 7) is 3.50. The first kappa shape index (κ1) is 19.7. The lowest BCUT2D eigenvalue weighted by Crippen LogP contribution is -2.37. The number of rotatable bonds is 4. The maximum absolute atomic E-state index is 14.2. The Kier molecular flexibility index (Phi) is 5.20. The van der Waals surface area contributed by atoms with Gasteiger partial charge in [0.25, 0.3) is 0 Å². The fourth-order valence-electron chi connectivity index (χ4n) is 3.32. The molecule has 3 rings (SSSR count). The van der Waals surface area contributed by atoms with Crippen molar-refractivity contribution in [2.24, 2.45) is 0 Å². The zero-order valence-corrected chi connectivity index (χ0v) is 15.9. The van der Waals surface area contributed by atoms with Crippen LogP contribution in [0.3, 0.4) is 0 Å². The molecule has 0 aliphatic carbocycles. The largest absolute Gasteiger partial charge is 0.385 e. The predicted octanol–water partition coefficient (Wildman–Crippen LogP) is 3.25. The van der Waals surface area contributed by atoms with Gasteiger partial charge in [-0.1, -0.05) is 12.1 Å². The number of carbonyl (C=O) groups excluding carboxylic acids is 1. The normalized spacial score (nSPS) is 23.2. The second kappa shape index (κ2) is 7.14. The van der Waals surface area contributed by atoms with Gasteiger partial charge >= 0.3 is 0 Å². The Bertz CT molecular complexity index is 968. The van der Waals surface area contributed by atoms with Gasteiger partial charge in [-0.25, -0.2) is 12.8 Å². The summed E-state index contributed by atoms with van der Waals surface area (Å²) < 4.78 is 45.5. The van der Waals surface area contributed by atoms with E-state index in [0.29, 0.717) is 12.2 Å².